The zero-order chi connectivity index (χ0) is 27.2. The fraction of sp³-hybridized carbons (Fsp3) is 0.467. The molecular formula is C30H38N2O6. The minimum absolute atomic E-state index is 0.0138. The quantitative estimate of drug-likeness (QED) is 0.281. The van der Waals surface area contributed by atoms with Gasteiger partial charge in [0.1, 0.15) is 17.3 Å². The van der Waals surface area contributed by atoms with Crippen molar-refractivity contribution in [1.29, 1.82) is 0 Å². The number of carbonyl (C=O) groups is 2. The number of hydrogen-bond acceptors (Lipinski definition) is 7. The van der Waals surface area contributed by atoms with Gasteiger partial charge in [0.15, 0.2) is 0 Å². The van der Waals surface area contributed by atoms with Gasteiger partial charge in [0.25, 0.3) is 11.7 Å². The Hall–Kier alpha value is -3.36. The van der Waals surface area contributed by atoms with Gasteiger partial charge in [-0.2, -0.15) is 0 Å². The molecule has 2 saturated heterocycles. The predicted molar refractivity (Wildman–Crippen MR) is 145 cm³/mol. The predicted octanol–water partition coefficient (Wildman–Crippen LogP) is 4.41. The summed E-state index contributed by atoms with van der Waals surface area (Å²) in [6, 6.07) is 13.6. The number of hydrogen-bond donors (Lipinski definition) is 1. The number of ketones is 1. The topological polar surface area (TPSA) is 88.5 Å². The normalized spacial score (nSPS) is 19.9. The Bertz CT molecular complexity index is 1130. The number of nitrogens with zero attached hydrogens (tertiary/aromatic N) is 2. The number of aliphatic hydroxyl groups is 1. The van der Waals surface area contributed by atoms with Crippen LogP contribution >= 0.6 is 0 Å². The van der Waals surface area contributed by atoms with Gasteiger partial charge in [-0.3, -0.25) is 14.5 Å². The molecule has 38 heavy (non-hydrogen) atoms. The number of morpholine rings is 1. The SMILES string of the molecule is CC(C)Oc1ccc(C(O)=C2C(=O)C(=O)N(CCCN3CCOCC3)[C@@H]2c2ccc(OC(C)C)cc2)cc1. The van der Waals surface area contributed by atoms with E-state index in [-0.39, 0.29) is 23.5 Å². The number of aliphatic hydroxyl groups excluding tert-OH is 1. The fourth-order valence-corrected chi connectivity index (χ4v) is 4.87. The highest BCUT2D eigenvalue weighted by atomic mass is 16.5. The number of likely N-dealkylation sites (tertiary alicyclic amines) is 1. The van der Waals surface area contributed by atoms with Gasteiger partial charge in [-0.15, -0.1) is 0 Å². The average Bonchev–Trinajstić information content (AvgIpc) is 3.14. The van der Waals surface area contributed by atoms with E-state index in [1.807, 2.05) is 52.0 Å². The van der Waals surface area contributed by atoms with Crippen LogP contribution in [0.15, 0.2) is 54.1 Å². The first kappa shape index (κ1) is 27.7. The molecule has 0 radical (unpaired) electrons. The summed E-state index contributed by atoms with van der Waals surface area (Å²) < 4.78 is 16.9. The Morgan fingerprint density at radius 1 is 0.895 bits per heavy atom. The molecule has 0 aromatic heterocycles. The summed E-state index contributed by atoms with van der Waals surface area (Å²) in [5.41, 5.74) is 1.29. The monoisotopic (exact) mass is 522 g/mol. The Labute approximate surface area is 224 Å². The standard InChI is InChI=1S/C30H38N2O6/c1-20(2)37-24-10-6-22(7-11-24)27-26(28(33)23-8-12-25(13-9-23)38-21(3)4)29(34)30(35)32(27)15-5-14-31-16-18-36-19-17-31/h6-13,20-21,27,33H,5,14-19H2,1-4H3/t27-/m1/s1. The van der Waals surface area contributed by atoms with Crippen molar-refractivity contribution in [1.82, 2.24) is 9.80 Å². The van der Waals surface area contributed by atoms with Crippen LogP contribution in [0.5, 0.6) is 11.5 Å². The van der Waals surface area contributed by atoms with Crippen molar-refractivity contribution >= 4 is 17.4 Å². The molecule has 2 heterocycles. The van der Waals surface area contributed by atoms with Crippen LogP contribution in [0.4, 0.5) is 0 Å². The summed E-state index contributed by atoms with van der Waals surface area (Å²) in [5, 5.41) is 11.3. The van der Waals surface area contributed by atoms with Gasteiger partial charge in [-0.25, -0.2) is 0 Å². The highest BCUT2D eigenvalue weighted by molar-refractivity contribution is 6.46. The van der Waals surface area contributed by atoms with Crippen molar-refractivity contribution in [3.05, 3.63) is 65.2 Å². The molecule has 4 rings (SSSR count). The molecule has 1 atom stereocenters. The van der Waals surface area contributed by atoms with E-state index < -0.39 is 17.7 Å². The van der Waals surface area contributed by atoms with Crippen molar-refractivity contribution in [3.8, 4) is 11.5 Å². The van der Waals surface area contributed by atoms with Crippen LogP contribution in [0, 0.1) is 0 Å². The van der Waals surface area contributed by atoms with Gasteiger partial charge in [0, 0.05) is 31.7 Å². The van der Waals surface area contributed by atoms with Crippen LogP contribution in [-0.4, -0.2) is 78.2 Å². The summed E-state index contributed by atoms with van der Waals surface area (Å²) in [4.78, 5) is 30.5. The lowest BCUT2D eigenvalue weighted by atomic mass is 9.95. The Morgan fingerprint density at radius 3 is 2.00 bits per heavy atom. The molecule has 0 aliphatic carbocycles. The van der Waals surface area contributed by atoms with E-state index in [9.17, 15) is 14.7 Å². The van der Waals surface area contributed by atoms with Gasteiger partial charge in [0.05, 0.1) is 37.0 Å². The zero-order valence-electron chi connectivity index (χ0n) is 22.7. The van der Waals surface area contributed by atoms with Crippen LogP contribution in [0.2, 0.25) is 0 Å². The highest BCUT2D eigenvalue weighted by Crippen LogP contribution is 2.40. The van der Waals surface area contributed by atoms with E-state index in [4.69, 9.17) is 14.2 Å². The third kappa shape index (κ3) is 6.55. The molecule has 0 unspecified atom stereocenters. The van der Waals surface area contributed by atoms with Crippen molar-refractivity contribution in [2.75, 3.05) is 39.4 Å². The summed E-state index contributed by atoms with van der Waals surface area (Å²) >= 11 is 0. The molecule has 2 aliphatic heterocycles. The fourth-order valence-electron chi connectivity index (χ4n) is 4.87. The van der Waals surface area contributed by atoms with E-state index in [1.165, 1.54) is 0 Å². The maximum Gasteiger partial charge on any atom is 0.295 e. The van der Waals surface area contributed by atoms with E-state index in [1.54, 1.807) is 29.2 Å². The third-order valence-corrected chi connectivity index (χ3v) is 6.58. The Morgan fingerprint density at radius 2 is 1.45 bits per heavy atom. The number of amides is 1. The van der Waals surface area contributed by atoms with Crippen LogP contribution in [0.1, 0.15) is 51.3 Å². The molecule has 2 aromatic rings. The molecule has 0 bridgehead atoms. The molecule has 1 N–H and O–H groups in total. The molecular weight excluding hydrogens is 484 g/mol. The molecule has 8 nitrogen and oxygen atoms in total. The molecule has 204 valence electrons. The smallest absolute Gasteiger partial charge is 0.295 e. The van der Waals surface area contributed by atoms with Crippen LogP contribution < -0.4 is 9.47 Å². The van der Waals surface area contributed by atoms with Crippen molar-refractivity contribution < 1.29 is 28.9 Å². The first-order valence-electron chi connectivity index (χ1n) is 13.4. The minimum Gasteiger partial charge on any atom is -0.507 e. The summed E-state index contributed by atoms with van der Waals surface area (Å²) in [7, 11) is 0. The number of carbonyl (C=O) groups excluding carboxylic acids is 2. The van der Waals surface area contributed by atoms with Crippen LogP contribution in [0.3, 0.4) is 0 Å². The average molecular weight is 523 g/mol. The van der Waals surface area contributed by atoms with E-state index in [0.29, 0.717) is 43.2 Å². The largest absolute Gasteiger partial charge is 0.507 e. The third-order valence-electron chi connectivity index (χ3n) is 6.58. The van der Waals surface area contributed by atoms with Crippen molar-refractivity contribution in [3.63, 3.8) is 0 Å². The molecule has 2 aliphatic rings. The Balaban J connectivity index is 1.65. The van der Waals surface area contributed by atoms with Crippen molar-refractivity contribution in [2.24, 2.45) is 0 Å². The second-order valence-corrected chi connectivity index (χ2v) is 10.2. The molecule has 8 heteroatoms. The maximum absolute atomic E-state index is 13.3. The lowest BCUT2D eigenvalue weighted by molar-refractivity contribution is -0.140. The molecule has 0 spiro atoms. The molecule has 2 aromatic carbocycles. The second-order valence-electron chi connectivity index (χ2n) is 10.2. The molecule has 1 amide bonds. The highest BCUT2D eigenvalue weighted by Gasteiger charge is 2.45. The van der Waals surface area contributed by atoms with E-state index in [0.717, 1.165) is 25.2 Å². The lowest BCUT2D eigenvalue weighted by Gasteiger charge is -2.29. The number of Topliss-reactive ketones (excluding diaryl/α,β-unsaturated/α-hetero) is 1. The molecule has 0 saturated carbocycles. The molecule has 2 fully saturated rings. The first-order valence-corrected chi connectivity index (χ1v) is 13.4. The van der Waals surface area contributed by atoms with Gasteiger partial charge in [-0.1, -0.05) is 12.1 Å². The summed E-state index contributed by atoms with van der Waals surface area (Å²) in [6.45, 7) is 12.1. The number of benzene rings is 2. The second kappa shape index (κ2) is 12.5. The van der Waals surface area contributed by atoms with Gasteiger partial charge in [-0.05, 0) is 76.1 Å². The van der Waals surface area contributed by atoms with Crippen LogP contribution in [0.25, 0.3) is 5.76 Å². The zero-order valence-corrected chi connectivity index (χ0v) is 22.7. The first-order chi connectivity index (χ1) is 18.2. The van der Waals surface area contributed by atoms with E-state index in [2.05, 4.69) is 4.90 Å². The van der Waals surface area contributed by atoms with Gasteiger partial charge < -0.3 is 24.2 Å². The van der Waals surface area contributed by atoms with E-state index >= 15 is 0 Å². The van der Waals surface area contributed by atoms with Gasteiger partial charge >= 0.3 is 0 Å². The number of rotatable bonds is 10. The maximum atomic E-state index is 13.3. The summed E-state index contributed by atoms with van der Waals surface area (Å²) in [6.07, 6.45) is 0.744. The van der Waals surface area contributed by atoms with Crippen LogP contribution in [-0.2, 0) is 14.3 Å². The van der Waals surface area contributed by atoms with Crippen molar-refractivity contribution in [2.45, 2.75) is 52.4 Å². The Kier molecular flexibility index (Phi) is 9.07. The summed E-state index contributed by atoms with van der Waals surface area (Å²) in [5.74, 6) is -0.0986. The minimum atomic E-state index is -0.695. The van der Waals surface area contributed by atoms with Gasteiger partial charge in [0.2, 0.25) is 0 Å². The lowest BCUT2D eigenvalue weighted by Crippen LogP contribution is -2.38. The number of ether oxygens (including phenoxy) is 3.